The van der Waals surface area contributed by atoms with Crippen LogP contribution in [0, 0.1) is 0 Å². The first-order chi connectivity index (χ1) is 30.0. The average molecular weight is 860 g/mol. The minimum absolute atomic E-state index is 0.0187. The van der Waals surface area contributed by atoms with E-state index < -0.39 is 12.1 Å². The molecule has 0 aromatic rings. The molecule has 0 saturated carbocycles. The third kappa shape index (κ3) is 47.7. The summed E-state index contributed by atoms with van der Waals surface area (Å²) in [7, 11) is 0. The van der Waals surface area contributed by atoms with Crippen molar-refractivity contribution < 1.29 is 24.5 Å². The summed E-state index contributed by atoms with van der Waals surface area (Å²) in [6.07, 6.45) is 60.3. The number of carbonyl (C=O) groups is 2. The number of ether oxygens (including phenoxy) is 1. The Morgan fingerprint density at radius 2 is 0.770 bits per heavy atom. The van der Waals surface area contributed by atoms with Crippen LogP contribution in [0.2, 0.25) is 0 Å². The van der Waals surface area contributed by atoms with Gasteiger partial charge in [0.25, 0.3) is 0 Å². The second-order valence-corrected chi connectivity index (χ2v) is 18.6. The molecule has 0 aromatic heterocycles. The molecule has 360 valence electrons. The Hall–Kier alpha value is -1.66. The summed E-state index contributed by atoms with van der Waals surface area (Å²) in [4.78, 5) is 24.5. The molecule has 3 N–H and O–H groups in total. The van der Waals surface area contributed by atoms with Gasteiger partial charge in [0.2, 0.25) is 5.91 Å². The summed E-state index contributed by atoms with van der Waals surface area (Å²) in [5.41, 5.74) is 0. The van der Waals surface area contributed by atoms with E-state index in [0.717, 1.165) is 57.8 Å². The van der Waals surface area contributed by atoms with Gasteiger partial charge in [-0.25, -0.2) is 0 Å². The third-order valence-corrected chi connectivity index (χ3v) is 12.5. The van der Waals surface area contributed by atoms with Crippen LogP contribution in [0.25, 0.3) is 0 Å². The minimum atomic E-state index is -0.856. The molecule has 0 aromatic carbocycles. The van der Waals surface area contributed by atoms with Crippen molar-refractivity contribution in [1.82, 2.24) is 5.32 Å². The Bertz CT molecular complexity index is 951. The fourth-order valence-corrected chi connectivity index (χ4v) is 8.27. The molecule has 1 amide bonds. The van der Waals surface area contributed by atoms with Crippen molar-refractivity contribution in [2.75, 3.05) is 13.2 Å². The molecule has 0 saturated heterocycles. The summed E-state index contributed by atoms with van der Waals surface area (Å²) in [6.45, 7) is 4.86. The maximum Gasteiger partial charge on any atom is 0.305 e. The van der Waals surface area contributed by atoms with Crippen LogP contribution in [0.3, 0.4) is 0 Å². The average Bonchev–Trinajstić information content (AvgIpc) is 3.26. The monoisotopic (exact) mass is 860 g/mol. The number of aliphatic hydroxyl groups is 2. The predicted molar refractivity (Wildman–Crippen MR) is 264 cm³/mol. The summed E-state index contributed by atoms with van der Waals surface area (Å²) >= 11 is 0. The SMILES string of the molecule is CCCCCCCC/C=C\CCCCCCCCCC(=O)OCCCCCCCCCCCCCC(=O)NC(CO)C(O)/C=C/CCCCCCCCCCCCCCCC. The fraction of sp³-hybridized carbons (Fsp3) is 0.891. The van der Waals surface area contributed by atoms with Crippen LogP contribution in [0.4, 0.5) is 0 Å². The van der Waals surface area contributed by atoms with E-state index >= 15 is 0 Å². The molecular formula is C55H105NO5. The van der Waals surface area contributed by atoms with Crippen molar-refractivity contribution in [2.45, 2.75) is 302 Å². The lowest BCUT2D eigenvalue weighted by Gasteiger charge is -2.20. The van der Waals surface area contributed by atoms with E-state index in [9.17, 15) is 19.8 Å². The second kappa shape index (κ2) is 51.0. The maximum atomic E-state index is 12.4. The molecule has 6 nitrogen and oxygen atoms in total. The van der Waals surface area contributed by atoms with Gasteiger partial charge in [-0.1, -0.05) is 244 Å². The van der Waals surface area contributed by atoms with Crippen LogP contribution in [0.1, 0.15) is 290 Å². The Morgan fingerprint density at radius 1 is 0.443 bits per heavy atom. The molecule has 0 radical (unpaired) electrons. The van der Waals surface area contributed by atoms with E-state index in [0.29, 0.717) is 19.4 Å². The fourth-order valence-electron chi connectivity index (χ4n) is 8.27. The largest absolute Gasteiger partial charge is 0.466 e. The molecular weight excluding hydrogens is 755 g/mol. The van der Waals surface area contributed by atoms with E-state index in [-0.39, 0.29) is 18.5 Å². The Morgan fingerprint density at radius 3 is 1.16 bits per heavy atom. The molecule has 0 rings (SSSR count). The number of esters is 1. The van der Waals surface area contributed by atoms with Gasteiger partial charge < -0.3 is 20.3 Å². The zero-order chi connectivity index (χ0) is 44.4. The van der Waals surface area contributed by atoms with Gasteiger partial charge in [-0.15, -0.1) is 0 Å². The first kappa shape index (κ1) is 59.3. The maximum absolute atomic E-state index is 12.4. The molecule has 2 unspecified atom stereocenters. The molecule has 0 heterocycles. The molecule has 0 aliphatic rings. The lowest BCUT2D eigenvalue weighted by molar-refractivity contribution is -0.143. The van der Waals surface area contributed by atoms with Gasteiger partial charge in [0.15, 0.2) is 0 Å². The lowest BCUT2D eigenvalue weighted by atomic mass is 10.0. The zero-order valence-electron chi connectivity index (χ0n) is 40.9. The lowest BCUT2D eigenvalue weighted by Crippen LogP contribution is -2.45. The Balaban J connectivity index is 3.49. The molecule has 0 aliphatic heterocycles. The van der Waals surface area contributed by atoms with Crippen molar-refractivity contribution in [3.8, 4) is 0 Å². The summed E-state index contributed by atoms with van der Waals surface area (Å²) in [6, 6.07) is -0.642. The molecule has 0 aliphatic carbocycles. The highest BCUT2D eigenvalue weighted by Crippen LogP contribution is 2.16. The molecule has 2 atom stereocenters. The minimum Gasteiger partial charge on any atom is -0.466 e. The van der Waals surface area contributed by atoms with Gasteiger partial charge in [-0.3, -0.25) is 9.59 Å². The number of carbonyl (C=O) groups excluding carboxylic acids is 2. The number of amides is 1. The molecule has 0 bridgehead atoms. The van der Waals surface area contributed by atoms with Gasteiger partial charge in [-0.2, -0.15) is 0 Å². The summed E-state index contributed by atoms with van der Waals surface area (Å²) in [5.74, 6) is -0.105. The zero-order valence-corrected chi connectivity index (χ0v) is 40.9. The van der Waals surface area contributed by atoms with Gasteiger partial charge in [0.1, 0.15) is 0 Å². The standard InChI is InChI=1S/C55H105NO5/c1-3-5-7-9-11-13-15-17-19-21-23-25-29-33-37-41-45-49-55(60)61-50-46-42-38-34-30-26-28-32-36-40-44-48-54(59)56-52(51-57)53(58)47-43-39-35-31-27-24-22-20-18-16-14-12-10-8-6-4-2/h17,19,43,47,52-53,57-58H,3-16,18,20-42,44-46,48-51H2,1-2H3,(H,56,59)/b19-17-,47-43+. The van der Waals surface area contributed by atoms with E-state index in [1.807, 2.05) is 6.08 Å². The van der Waals surface area contributed by atoms with Crippen molar-refractivity contribution >= 4 is 11.9 Å². The van der Waals surface area contributed by atoms with Crippen molar-refractivity contribution in [2.24, 2.45) is 0 Å². The first-order valence-electron chi connectivity index (χ1n) is 27.1. The molecule has 0 fully saturated rings. The van der Waals surface area contributed by atoms with Crippen LogP contribution < -0.4 is 5.32 Å². The van der Waals surface area contributed by atoms with Crippen LogP contribution in [-0.2, 0) is 14.3 Å². The van der Waals surface area contributed by atoms with Crippen molar-refractivity contribution in [3.63, 3.8) is 0 Å². The summed E-state index contributed by atoms with van der Waals surface area (Å²) < 4.78 is 5.47. The number of allylic oxidation sites excluding steroid dienone is 3. The Kier molecular flexibility index (Phi) is 49.6. The number of aliphatic hydroxyl groups excluding tert-OH is 2. The number of rotatable bonds is 50. The van der Waals surface area contributed by atoms with Gasteiger partial charge in [-0.05, 0) is 57.8 Å². The Labute approximate surface area is 380 Å². The quantitative estimate of drug-likeness (QED) is 0.0322. The van der Waals surface area contributed by atoms with Crippen LogP contribution >= 0.6 is 0 Å². The number of hydrogen-bond donors (Lipinski definition) is 3. The second-order valence-electron chi connectivity index (χ2n) is 18.6. The van der Waals surface area contributed by atoms with Crippen LogP contribution in [0.5, 0.6) is 0 Å². The van der Waals surface area contributed by atoms with Gasteiger partial charge in [0.05, 0.1) is 25.4 Å². The van der Waals surface area contributed by atoms with Crippen molar-refractivity contribution in [3.05, 3.63) is 24.3 Å². The number of hydrogen-bond acceptors (Lipinski definition) is 5. The van der Waals surface area contributed by atoms with Gasteiger partial charge in [0, 0.05) is 12.8 Å². The van der Waals surface area contributed by atoms with E-state index in [4.69, 9.17) is 4.74 Å². The van der Waals surface area contributed by atoms with E-state index in [1.165, 1.54) is 205 Å². The highest BCUT2D eigenvalue weighted by molar-refractivity contribution is 5.76. The normalized spacial score (nSPS) is 12.8. The first-order valence-corrected chi connectivity index (χ1v) is 27.1. The molecule has 6 heteroatoms. The topological polar surface area (TPSA) is 95.9 Å². The number of nitrogens with one attached hydrogen (secondary N) is 1. The van der Waals surface area contributed by atoms with Crippen LogP contribution in [-0.4, -0.2) is 47.4 Å². The van der Waals surface area contributed by atoms with E-state index in [2.05, 4.69) is 31.3 Å². The number of unbranched alkanes of at least 4 members (excludes halogenated alkanes) is 37. The predicted octanol–water partition coefficient (Wildman–Crippen LogP) is 16.3. The summed E-state index contributed by atoms with van der Waals surface area (Å²) in [5, 5.41) is 23.1. The van der Waals surface area contributed by atoms with Gasteiger partial charge >= 0.3 is 5.97 Å². The molecule has 0 spiro atoms. The van der Waals surface area contributed by atoms with Crippen LogP contribution in [0.15, 0.2) is 24.3 Å². The highest BCUT2D eigenvalue weighted by atomic mass is 16.5. The smallest absolute Gasteiger partial charge is 0.305 e. The molecule has 61 heavy (non-hydrogen) atoms. The highest BCUT2D eigenvalue weighted by Gasteiger charge is 2.18. The third-order valence-electron chi connectivity index (χ3n) is 12.5. The van der Waals surface area contributed by atoms with Crippen molar-refractivity contribution in [1.29, 1.82) is 0 Å². The van der Waals surface area contributed by atoms with E-state index in [1.54, 1.807) is 6.08 Å².